The van der Waals surface area contributed by atoms with Crippen LogP contribution >= 0.6 is 27.7 Å². The molecule has 0 saturated heterocycles. The highest BCUT2D eigenvalue weighted by Crippen LogP contribution is 2.41. The van der Waals surface area contributed by atoms with Gasteiger partial charge < -0.3 is 15.0 Å². The summed E-state index contributed by atoms with van der Waals surface area (Å²) in [7, 11) is 0. The van der Waals surface area contributed by atoms with Crippen molar-refractivity contribution < 1.29 is 14.5 Å². The van der Waals surface area contributed by atoms with Crippen LogP contribution in [0.3, 0.4) is 0 Å². The number of allylic oxidation sites excluding steroid dienone is 1. The standard InChI is InChI=1S/C25H23BrN4O5S/c1-13(2)35-24(32)19-14(3)27-22-21(20(19)16-5-4-6-17(26)11-16)23(31)29-25(28-22)36-12-15-7-9-18(10-8-15)30(33)34/h4-11,13,20H,12H2,1-3H3,(H2,27,28,29,31). The minimum absolute atomic E-state index is 0.0147. The number of anilines is 1. The van der Waals surface area contributed by atoms with Crippen molar-refractivity contribution in [3.63, 3.8) is 0 Å². The number of carbonyl (C=O) groups excluding carboxylic acids is 1. The van der Waals surface area contributed by atoms with Gasteiger partial charge in [0.1, 0.15) is 5.82 Å². The molecule has 9 nitrogen and oxygen atoms in total. The lowest BCUT2D eigenvalue weighted by molar-refractivity contribution is -0.384. The Balaban J connectivity index is 1.71. The molecule has 0 fully saturated rings. The summed E-state index contributed by atoms with van der Waals surface area (Å²) in [5.41, 5.74) is 2.48. The minimum atomic E-state index is -0.671. The van der Waals surface area contributed by atoms with E-state index in [0.29, 0.717) is 33.6 Å². The van der Waals surface area contributed by atoms with Gasteiger partial charge in [-0.1, -0.05) is 52.0 Å². The van der Waals surface area contributed by atoms with Crippen LogP contribution < -0.4 is 10.9 Å². The molecule has 1 atom stereocenters. The normalized spacial score (nSPS) is 14.9. The lowest BCUT2D eigenvalue weighted by Gasteiger charge is -2.29. The fraction of sp³-hybridized carbons (Fsp3) is 0.240. The zero-order valence-corrected chi connectivity index (χ0v) is 22.1. The molecule has 0 spiro atoms. The van der Waals surface area contributed by atoms with E-state index in [1.54, 1.807) is 32.9 Å². The molecule has 1 aliphatic rings. The first kappa shape index (κ1) is 25.6. The van der Waals surface area contributed by atoms with E-state index in [4.69, 9.17) is 4.74 Å². The fourth-order valence-electron chi connectivity index (χ4n) is 3.93. The van der Waals surface area contributed by atoms with Gasteiger partial charge in [-0.05, 0) is 44.0 Å². The van der Waals surface area contributed by atoms with Crippen LogP contribution in [0, 0.1) is 10.1 Å². The molecule has 3 aromatic rings. The van der Waals surface area contributed by atoms with E-state index in [9.17, 15) is 19.7 Å². The number of carbonyl (C=O) groups is 1. The molecule has 2 N–H and O–H groups in total. The fourth-order valence-corrected chi connectivity index (χ4v) is 5.17. The summed E-state index contributed by atoms with van der Waals surface area (Å²) >= 11 is 4.78. The summed E-state index contributed by atoms with van der Waals surface area (Å²) in [6.07, 6.45) is -0.322. The zero-order valence-electron chi connectivity index (χ0n) is 19.7. The maximum Gasteiger partial charge on any atom is 0.337 e. The second-order valence-electron chi connectivity index (χ2n) is 8.45. The molecule has 1 aromatic heterocycles. The van der Waals surface area contributed by atoms with E-state index in [1.165, 1.54) is 23.9 Å². The van der Waals surface area contributed by atoms with Crippen LogP contribution in [0.15, 0.2) is 74.2 Å². The Morgan fingerprint density at radius 3 is 2.61 bits per heavy atom. The summed E-state index contributed by atoms with van der Waals surface area (Å²) in [4.78, 5) is 44.3. The number of esters is 1. The topological polar surface area (TPSA) is 127 Å². The molecule has 1 unspecified atom stereocenters. The van der Waals surface area contributed by atoms with Crippen molar-refractivity contribution in [3.05, 3.63) is 101 Å². The summed E-state index contributed by atoms with van der Waals surface area (Å²) < 4.78 is 6.32. The minimum Gasteiger partial charge on any atom is -0.460 e. The van der Waals surface area contributed by atoms with Gasteiger partial charge in [-0.2, -0.15) is 0 Å². The van der Waals surface area contributed by atoms with Crippen molar-refractivity contribution >= 4 is 45.2 Å². The summed E-state index contributed by atoms with van der Waals surface area (Å²) in [5, 5.41) is 14.4. The molecule has 0 aliphatic carbocycles. The van der Waals surface area contributed by atoms with E-state index >= 15 is 0 Å². The SMILES string of the molecule is CC1=C(C(=O)OC(C)C)C(c2cccc(Br)c2)c2c(nc(SCc3ccc([N+](=O)[O-])cc3)[nH]c2=O)N1. The lowest BCUT2D eigenvalue weighted by atomic mass is 9.82. The van der Waals surface area contributed by atoms with E-state index < -0.39 is 16.8 Å². The third-order valence-electron chi connectivity index (χ3n) is 5.49. The van der Waals surface area contributed by atoms with Crippen molar-refractivity contribution in [2.75, 3.05) is 5.32 Å². The number of aromatic nitrogens is 2. The van der Waals surface area contributed by atoms with Gasteiger partial charge in [0.05, 0.1) is 28.1 Å². The van der Waals surface area contributed by atoms with Crippen LogP contribution in [0.2, 0.25) is 0 Å². The van der Waals surface area contributed by atoms with Gasteiger partial charge in [-0.3, -0.25) is 14.9 Å². The number of fused-ring (bicyclic) bond motifs is 1. The smallest absolute Gasteiger partial charge is 0.337 e. The highest BCUT2D eigenvalue weighted by molar-refractivity contribution is 9.10. The van der Waals surface area contributed by atoms with Crippen LogP contribution in [-0.4, -0.2) is 27.0 Å². The Morgan fingerprint density at radius 1 is 1.25 bits per heavy atom. The number of nitro benzene ring substituents is 1. The van der Waals surface area contributed by atoms with Crippen LogP contribution in [0.1, 0.15) is 43.4 Å². The van der Waals surface area contributed by atoms with E-state index in [2.05, 4.69) is 31.2 Å². The first-order valence-corrected chi connectivity index (χ1v) is 12.9. The lowest BCUT2D eigenvalue weighted by Crippen LogP contribution is -2.31. The number of ether oxygens (including phenoxy) is 1. The number of non-ortho nitro benzene ring substituents is 1. The first-order chi connectivity index (χ1) is 17.1. The molecule has 11 heteroatoms. The molecule has 0 amide bonds. The third-order valence-corrected chi connectivity index (χ3v) is 6.93. The molecule has 2 heterocycles. The van der Waals surface area contributed by atoms with Crippen LogP contribution in [0.25, 0.3) is 0 Å². The number of H-pyrrole nitrogens is 1. The number of nitrogens with zero attached hydrogens (tertiary/aromatic N) is 2. The van der Waals surface area contributed by atoms with Crippen molar-refractivity contribution in [1.29, 1.82) is 0 Å². The number of benzene rings is 2. The van der Waals surface area contributed by atoms with Gasteiger partial charge in [-0.25, -0.2) is 9.78 Å². The molecule has 36 heavy (non-hydrogen) atoms. The van der Waals surface area contributed by atoms with E-state index in [1.807, 2.05) is 24.3 Å². The second-order valence-corrected chi connectivity index (χ2v) is 10.3. The summed E-state index contributed by atoms with van der Waals surface area (Å²) in [6.45, 7) is 5.31. The number of rotatable bonds is 7. The largest absolute Gasteiger partial charge is 0.460 e. The van der Waals surface area contributed by atoms with Crippen LogP contribution in [0.5, 0.6) is 0 Å². The molecule has 0 radical (unpaired) electrons. The number of nitrogens with one attached hydrogen (secondary N) is 2. The highest BCUT2D eigenvalue weighted by atomic mass is 79.9. The van der Waals surface area contributed by atoms with Crippen molar-refractivity contribution in [2.24, 2.45) is 0 Å². The monoisotopic (exact) mass is 570 g/mol. The number of halogens is 1. The Morgan fingerprint density at radius 2 is 1.97 bits per heavy atom. The first-order valence-electron chi connectivity index (χ1n) is 11.1. The molecule has 0 saturated carbocycles. The Hall–Kier alpha value is -3.44. The van der Waals surface area contributed by atoms with Gasteiger partial charge in [0.15, 0.2) is 5.16 Å². The number of aromatic amines is 1. The summed E-state index contributed by atoms with van der Waals surface area (Å²) in [6, 6.07) is 13.7. The maximum absolute atomic E-state index is 13.4. The van der Waals surface area contributed by atoms with Gasteiger partial charge in [-0.15, -0.1) is 0 Å². The maximum atomic E-state index is 13.4. The number of hydrogen-bond acceptors (Lipinski definition) is 8. The van der Waals surface area contributed by atoms with E-state index in [-0.39, 0.29) is 17.4 Å². The predicted octanol–water partition coefficient (Wildman–Crippen LogP) is 5.52. The molecule has 0 bridgehead atoms. The Bertz CT molecular complexity index is 1420. The van der Waals surface area contributed by atoms with Crippen molar-refractivity contribution in [1.82, 2.24) is 9.97 Å². The van der Waals surface area contributed by atoms with Gasteiger partial charge in [0.2, 0.25) is 0 Å². The number of nitro groups is 1. The molecular weight excluding hydrogens is 548 g/mol. The van der Waals surface area contributed by atoms with Gasteiger partial charge >= 0.3 is 5.97 Å². The van der Waals surface area contributed by atoms with Crippen molar-refractivity contribution in [2.45, 2.75) is 43.7 Å². The molecule has 186 valence electrons. The number of thioether (sulfide) groups is 1. The van der Waals surface area contributed by atoms with Gasteiger partial charge in [0.25, 0.3) is 11.2 Å². The quantitative estimate of drug-likeness (QED) is 0.125. The van der Waals surface area contributed by atoms with Gasteiger partial charge in [0, 0.05) is 28.1 Å². The average molecular weight is 571 g/mol. The molecule has 4 rings (SSSR count). The third kappa shape index (κ3) is 5.52. The predicted molar refractivity (Wildman–Crippen MR) is 141 cm³/mol. The molecule has 1 aliphatic heterocycles. The van der Waals surface area contributed by atoms with Crippen molar-refractivity contribution in [3.8, 4) is 0 Å². The van der Waals surface area contributed by atoms with Crippen LogP contribution in [-0.2, 0) is 15.3 Å². The highest BCUT2D eigenvalue weighted by Gasteiger charge is 2.36. The van der Waals surface area contributed by atoms with E-state index in [0.717, 1.165) is 15.6 Å². The van der Waals surface area contributed by atoms with Crippen LogP contribution in [0.4, 0.5) is 11.5 Å². The Labute approximate surface area is 219 Å². The second kappa shape index (κ2) is 10.7. The Kier molecular flexibility index (Phi) is 7.60. The molecule has 2 aromatic carbocycles. The average Bonchev–Trinajstić information content (AvgIpc) is 2.81. The number of hydrogen-bond donors (Lipinski definition) is 2. The zero-order chi connectivity index (χ0) is 26.0. The summed E-state index contributed by atoms with van der Waals surface area (Å²) in [5.74, 6) is -0.347. The molecular formula is C25H23BrN4O5S.